The molecule has 2 fully saturated rings. The smallest absolute Gasteiger partial charge is 0.116 e. The van der Waals surface area contributed by atoms with Crippen LogP contribution < -0.4 is 0 Å². The molecule has 0 aliphatic heterocycles. The standard InChI is InChI=1S/C23H31N3O4/c1-22-8-6-18-17-5-3-15(28)10-14(17)2-4-19(18)20(22)7-9-23(22,30)21-12-26(25-24-21)11-16(29)13-27/h3,5,10,12,16,18-20,27-30H,2,4,6-9,11,13H2,1H3/t16?,18-,19-,20+,22+,23?/m1/s1. The lowest BCUT2D eigenvalue weighted by Gasteiger charge is -2.52. The van der Waals surface area contributed by atoms with Gasteiger partial charge in [0.15, 0.2) is 0 Å². The highest BCUT2D eigenvalue weighted by molar-refractivity contribution is 5.40. The number of nitrogens with zero attached hydrogens (tertiary/aromatic N) is 3. The predicted molar refractivity (Wildman–Crippen MR) is 110 cm³/mol. The Bertz CT molecular complexity index is 946. The molecule has 5 rings (SSSR count). The van der Waals surface area contributed by atoms with Gasteiger partial charge >= 0.3 is 0 Å². The van der Waals surface area contributed by atoms with Gasteiger partial charge in [-0.25, -0.2) is 4.68 Å². The molecule has 30 heavy (non-hydrogen) atoms. The van der Waals surface area contributed by atoms with E-state index in [1.54, 1.807) is 12.3 Å². The summed E-state index contributed by atoms with van der Waals surface area (Å²) in [6, 6.07) is 5.83. The van der Waals surface area contributed by atoms with Crippen LogP contribution in [0.3, 0.4) is 0 Å². The van der Waals surface area contributed by atoms with Crippen molar-refractivity contribution in [1.82, 2.24) is 15.0 Å². The first kappa shape index (κ1) is 20.0. The maximum absolute atomic E-state index is 11.9. The Morgan fingerprint density at radius 1 is 1.23 bits per heavy atom. The molecule has 0 radical (unpaired) electrons. The van der Waals surface area contributed by atoms with Crippen molar-refractivity contribution in [1.29, 1.82) is 0 Å². The van der Waals surface area contributed by atoms with E-state index in [0.29, 0.717) is 35.6 Å². The summed E-state index contributed by atoms with van der Waals surface area (Å²) in [5, 5.41) is 48.9. The number of fused-ring (bicyclic) bond motifs is 5. The van der Waals surface area contributed by atoms with E-state index < -0.39 is 11.7 Å². The minimum atomic E-state index is -1.03. The average molecular weight is 414 g/mol. The lowest BCUT2D eigenvalue weighted by Crippen LogP contribution is -2.49. The third-order valence-electron chi connectivity index (χ3n) is 8.43. The van der Waals surface area contributed by atoms with Crippen LogP contribution in [-0.2, 0) is 18.6 Å². The number of aliphatic hydroxyl groups excluding tert-OH is 2. The van der Waals surface area contributed by atoms with Crippen molar-refractivity contribution in [3.8, 4) is 5.75 Å². The number of aromatic nitrogens is 3. The minimum Gasteiger partial charge on any atom is -0.508 e. The van der Waals surface area contributed by atoms with E-state index in [9.17, 15) is 15.3 Å². The Morgan fingerprint density at radius 2 is 2.07 bits per heavy atom. The second-order valence-electron chi connectivity index (χ2n) is 9.82. The molecule has 2 aromatic rings. The van der Waals surface area contributed by atoms with Gasteiger partial charge in [0.05, 0.1) is 25.5 Å². The van der Waals surface area contributed by atoms with Crippen LogP contribution in [0.25, 0.3) is 0 Å². The number of benzene rings is 1. The Balaban J connectivity index is 1.43. The Morgan fingerprint density at radius 3 is 2.87 bits per heavy atom. The van der Waals surface area contributed by atoms with E-state index in [0.717, 1.165) is 32.1 Å². The van der Waals surface area contributed by atoms with Crippen molar-refractivity contribution in [3.63, 3.8) is 0 Å². The first-order valence-electron chi connectivity index (χ1n) is 11.1. The fraction of sp³-hybridized carbons (Fsp3) is 0.652. The molecule has 0 bridgehead atoms. The van der Waals surface area contributed by atoms with Gasteiger partial charge in [-0.2, -0.15) is 0 Å². The molecule has 0 saturated heterocycles. The number of rotatable bonds is 4. The largest absolute Gasteiger partial charge is 0.508 e. The molecule has 1 aromatic carbocycles. The van der Waals surface area contributed by atoms with Crippen LogP contribution in [0.4, 0.5) is 0 Å². The van der Waals surface area contributed by atoms with Crippen LogP contribution in [0, 0.1) is 17.3 Å². The molecule has 0 spiro atoms. The van der Waals surface area contributed by atoms with Crippen molar-refractivity contribution in [2.24, 2.45) is 17.3 Å². The number of phenols is 1. The van der Waals surface area contributed by atoms with Gasteiger partial charge in [-0.15, -0.1) is 5.10 Å². The molecule has 4 N–H and O–H groups in total. The molecule has 2 unspecified atom stereocenters. The summed E-state index contributed by atoms with van der Waals surface area (Å²) in [4.78, 5) is 0. The zero-order valence-corrected chi connectivity index (χ0v) is 17.4. The van der Waals surface area contributed by atoms with Gasteiger partial charge in [0, 0.05) is 5.41 Å². The molecule has 0 amide bonds. The fourth-order valence-corrected chi connectivity index (χ4v) is 6.86. The second-order valence-corrected chi connectivity index (χ2v) is 9.82. The van der Waals surface area contributed by atoms with Gasteiger partial charge in [0.25, 0.3) is 0 Å². The molecule has 3 aliphatic rings. The summed E-state index contributed by atoms with van der Waals surface area (Å²) in [5.41, 5.74) is 1.94. The van der Waals surface area contributed by atoms with Crippen molar-refractivity contribution in [2.45, 2.75) is 69.6 Å². The third kappa shape index (κ3) is 2.82. The van der Waals surface area contributed by atoms with E-state index in [1.807, 2.05) is 6.07 Å². The van der Waals surface area contributed by atoms with E-state index in [1.165, 1.54) is 15.8 Å². The predicted octanol–water partition coefficient (Wildman–Crippen LogP) is 2.08. The normalized spacial score (nSPS) is 36.1. The highest BCUT2D eigenvalue weighted by Crippen LogP contribution is 2.66. The van der Waals surface area contributed by atoms with Gasteiger partial charge in [0.1, 0.15) is 17.0 Å². The molecule has 2 saturated carbocycles. The minimum absolute atomic E-state index is 0.161. The first-order chi connectivity index (χ1) is 14.4. The molecule has 7 nitrogen and oxygen atoms in total. The molecule has 3 aliphatic carbocycles. The van der Waals surface area contributed by atoms with Crippen molar-refractivity contribution >= 4 is 0 Å². The second kappa shape index (κ2) is 7.04. The van der Waals surface area contributed by atoms with E-state index in [2.05, 4.69) is 23.3 Å². The highest BCUT2D eigenvalue weighted by atomic mass is 16.3. The summed E-state index contributed by atoms with van der Waals surface area (Å²) in [7, 11) is 0. The molecule has 7 heteroatoms. The summed E-state index contributed by atoms with van der Waals surface area (Å²) in [5.74, 6) is 1.78. The quantitative estimate of drug-likeness (QED) is 0.611. The first-order valence-corrected chi connectivity index (χ1v) is 11.1. The average Bonchev–Trinajstić information content (AvgIpc) is 3.31. The molecule has 1 aromatic heterocycles. The summed E-state index contributed by atoms with van der Waals surface area (Å²) in [6.07, 6.45) is 6.49. The van der Waals surface area contributed by atoms with Gasteiger partial charge < -0.3 is 20.4 Å². The van der Waals surface area contributed by atoms with E-state index in [-0.39, 0.29) is 18.6 Å². The lowest BCUT2D eigenvalue weighted by atomic mass is 9.53. The highest BCUT2D eigenvalue weighted by Gasteiger charge is 2.63. The topological polar surface area (TPSA) is 112 Å². The van der Waals surface area contributed by atoms with Crippen LogP contribution in [0.2, 0.25) is 0 Å². The summed E-state index contributed by atoms with van der Waals surface area (Å²) < 4.78 is 1.51. The van der Waals surface area contributed by atoms with Crippen molar-refractivity contribution < 1.29 is 20.4 Å². The van der Waals surface area contributed by atoms with Gasteiger partial charge in [0.2, 0.25) is 0 Å². The van der Waals surface area contributed by atoms with Crippen LogP contribution in [0.5, 0.6) is 5.75 Å². The van der Waals surface area contributed by atoms with Gasteiger partial charge in [-0.1, -0.05) is 18.2 Å². The number of hydrogen-bond donors (Lipinski definition) is 4. The monoisotopic (exact) mass is 413 g/mol. The lowest BCUT2D eigenvalue weighted by molar-refractivity contribution is -0.111. The molecule has 162 valence electrons. The summed E-state index contributed by atoms with van der Waals surface area (Å²) >= 11 is 0. The van der Waals surface area contributed by atoms with E-state index >= 15 is 0 Å². The number of aromatic hydroxyl groups is 1. The summed E-state index contributed by atoms with van der Waals surface area (Å²) in [6.45, 7) is 2.05. The molecule has 6 atom stereocenters. The van der Waals surface area contributed by atoms with Crippen LogP contribution in [-0.4, -0.2) is 48.1 Å². The van der Waals surface area contributed by atoms with Gasteiger partial charge in [-0.05, 0) is 79.5 Å². The zero-order chi connectivity index (χ0) is 21.1. The van der Waals surface area contributed by atoms with E-state index in [4.69, 9.17) is 5.11 Å². The van der Waals surface area contributed by atoms with Gasteiger partial charge in [-0.3, -0.25) is 0 Å². The number of hydrogen-bond acceptors (Lipinski definition) is 6. The Kier molecular flexibility index (Phi) is 4.69. The van der Waals surface area contributed by atoms with Crippen molar-refractivity contribution in [2.75, 3.05) is 6.61 Å². The van der Waals surface area contributed by atoms with Crippen LogP contribution in [0.15, 0.2) is 24.4 Å². The third-order valence-corrected chi connectivity index (χ3v) is 8.43. The maximum atomic E-state index is 11.9. The number of phenolic OH excluding ortho intramolecular Hbond substituents is 1. The number of aryl methyl sites for hydroxylation is 1. The van der Waals surface area contributed by atoms with Crippen LogP contribution in [0.1, 0.15) is 61.8 Å². The Hall–Kier alpha value is -1.96. The fourth-order valence-electron chi connectivity index (χ4n) is 6.86. The molecular formula is C23H31N3O4. The maximum Gasteiger partial charge on any atom is 0.116 e. The molecule has 1 heterocycles. The zero-order valence-electron chi connectivity index (χ0n) is 17.4. The molecular weight excluding hydrogens is 382 g/mol. The Labute approximate surface area is 176 Å². The van der Waals surface area contributed by atoms with Crippen LogP contribution >= 0.6 is 0 Å². The van der Waals surface area contributed by atoms with Crippen molar-refractivity contribution in [3.05, 3.63) is 41.2 Å². The number of aliphatic hydroxyl groups is 3. The SMILES string of the molecule is C[C@]12CC[C@@H]3c4ccc(O)cc4CC[C@H]3[C@@H]1CCC2(O)c1cn(CC(O)CO)nn1.